The van der Waals surface area contributed by atoms with Crippen molar-refractivity contribution in [2.45, 2.75) is 18.2 Å². The van der Waals surface area contributed by atoms with Crippen molar-refractivity contribution in [2.75, 3.05) is 0 Å². The number of aliphatic hydroxyl groups is 1. The molecule has 2 heterocycles. The van der Waals surface area contributed by atoms with Gasteiger partial charge in [0.25, 0.3) is 0 Å². The Morgan fingerprint density at radius 2 is 2.43 bits per heavy atom. The van der Waals surface area contributed by atoms with E-state index in [-0.39, 0.29) is 10.8 Å². The highest BCUT2D eigenvalue weighted by Crippen LogP contribution is 2.41. The van der Waals surface area contributed by atoms with Crippen LogP contribution in [0.15, 0.2) is 29.9 Å². The van der Waals surface area contributed by atoms with Crippen LogP contribution in [0.25, 0.3) is 0 Å². The summed E-state index contributed by atoms with van der Waals surface area (Å²) in [6.45, 7) is 2.04. The Kier molecular flexibility index (Phi) is 2.33. The Morgan fingerprint density at radius 3 is 2.93 bits per heavy atom. The molecule has 1 atom stereocenters. The van der Waals surface area contributed by atoms with Gasteiger partial charge in [-0.2, -0.15) is 0 Å². The number of aromatic nitrogens is 2. The van der Waals surface area contributed by atoms with Crippen molar-refractivity contribution in [1.82, 2.24) is 15.3 Å². The number of nitrogens with one attached hydrogen (secondary N) is 1. The average Bonchev–Trinajstić information content (AvgIpc) is 2.63. The molecule has 1 unspecified atom stereocenters. The zero-order valence-electron chi connectivity index (χ0n) is 7.77. The van der Waals surface area contributed by atoms with Gasteiger partial charge < -0.3 is 10.4 Å². The van der Waals surface area contributed by atoms with Gasteiger partial charge >= 0.3 is 0 Å². The van der Waals surface area contributed by atoms with Gasteiger partial charge in [-0.15, -0.1) is 0 Å². The molecule has 0 bridgehead atoms. The van der Waals surface area contributed by atoms with Crippen molar-refractivity contribution in [3.8, 4) is 0 Å². The highest BCUT2D eigenvalue weighted by molar-refractivity contribution is 8.03. The predicted octanol–water partition coefficient (Wildman–Crippen LogP) is 1.73. The second-order valence-electron chi connectivity index (χ2n) is 3.02. The van der Waals surface area contributed by atoms with E-state index in [1.54, 1.807) is 24.0 Å². The zero-order chi connectivity index (χ0) is 10.0. The summed E-state index contributed by atoms with van der Waals surface area (Å²) >= 11 is 1.53. The predicted molar refractivity (Wildman–Crippen MR) is 55.4 cm³/mol. The fourth-order valence-electron chi connectivity index (χ4n) is 1.41. The van der Waals surface area contributed by atoms with Crippen LogP contribution in [-0.2, 0) is 4.87 Å². The topological polar surface area (TPSA) is 58.0 Å². The van der Waals surface area contributed by atoms with Crippen LogP contribution in [0.4, 0.5) is 0 Å². The number of hydrogen-bond acceptors (Lipinski definition) is 5. The Hall–Kier alpha value is -1.23. The van der Waals surface area contributed by atoms with Crippen molar-refractivity contribution in [3.05, 3.63) is 35.6 Å². The van der Waals surface area contributed by atoms with Gasteiger partial charge in [0.2, 0.25) is 0 Å². The van der Waals surface area contributed by atoms with Crippen molar-refractivity contribution in [1.29, 1.82) is 0 Å². The lowest BCUT2D eigenvalue weighted by molar-refractivity contribution is 0.331. The molecular formula is C9H11N3OS. The number of thioether (sulfide) groups is 1. The molecule has 1 aliphatic rings. The van der Waals surface area contributed by atoms with Gasteiger partial charge in [0.05, 0.1) is 11.9 Å². The Balaban J connectivity index is 2.32. The van der Waals surface area contributed by atoms with Crippen LogP contribution >= 0.6 is 11.8 Å². The molecule has 1 aliphatic heterocycles. The van der Waals surface area contributed by atoms with Gasteiger partial charge in [0.1, 0.15) is 4.87 Å². The van der Waals surface area contributed by atoms with Crippen LogP contribution in [-0.4, -0.2) is 15.1 Å². The molecule has 0 radical (unpaired) electrons. The highest BCUT2D eigenvalue weighted by atomic mass is 32.2. The molecule has 0 saturated carbocycles. The van der Waals surface area contributed by atoms with Crippen LogP contribution in [0.3, 0.4) is 0 Å². The van der Waals surface area contributed by atoms with E-state index >= 15 is 0 Å². The van der Waals surface area contributed by atoms with Crippen molar-refractivity contribution >= 4 is 11.8 Å². The Morgan fingerprint density at radius 1 is 1.57 bits per heavy atom. The van der Waals surface area contributed by atoms with E-state index in [1.807, 2.05) is 6.92 Å². The highest BCUT2D eigenvalue weighted by Gasteiger charge is 2.36. The van der Waals surface area contributed by atoms with E-state index < -0.39 is 0 Å². The van der Waals surface area contributed by atoms with Crippen LogP contribution in [0.2, 0.25) is 0 Å². The monoisotopic (exact) mass is 209 g/mol. The molecule has 14 heavy (non-hydrogen) atoms. The minimum atomic E-state index is -0.349. The van der Waals surface area contributed by atoms with Gasteiger partial charge in [-0.1, -0.05) is 18.7 Å². The lowest BCUT2D eigenvalue weighted by Gasteiger charge is -2.26. The number of rotatable bonds is 2. The number of nitrogens with zero attached hydrogens (tertiary/aromatic N) is 2. The molecule has 2 N–H and O–H groups in total. The van der Waals surface area contributed by atoms with E-state index in [0.717, 1.165) is 12.1 Å². The maximum atomic E-state index is 9.34. The fourth-order valence-corrected chi connectivity index (χ4v) is 2.34. The van der Waals surface area contributed by atoms with Crippen LogP contribution in [0, 0.1) is 0 Å². The molecule has 5 heteroatoms. The molecule has 0 amide bonds. The molecule has 1 aromatic heterocycles. The molecular weight excluding hydrogens is 198 g/mol. The largest absolute Gasteiger partial charge is 0.494 e. The van der Waals surface area contributed by atoms with Crippen molar-refractivity contribution in [3.63, 3.8) is 0 Å². The fraction of sp³-hybridized carbons (Fsp3) is 0.333. The summed E-state index contributed by atoms with van der Waals surface area (Å²) in [6.07, 6.45) is 5.84. The lowest BCUT2D eigenvalue weighted by atomic mass is 10.1. The summed E-state index contributed by atoms with van der Waals surface area (Å²) in [5.74, 6) is 0.197. The quantitative estimate of drug-likeness (QED) is 0.777. The molecule has 0 spiro atoms. The van der Waals surface area contributed by atoms with Gasteiger partial charge in [0, 0.05) is 17.8 Å². The van der Waals surface area contributed by atoms with Gasteiger partial charge in [-0.05, 0) is 6.42 Å². The van der Waals surface area contributed by atoms with Crippen LogP contribution < -0.4 is 5.32 Å². The summed E-state index contributed by atoms with van der Waals surface area (Å²) in [5.41, 5.74) is 0.841. The number of aliphatic hydroxyl groups excluding tert-OH is 1. The molecule has 1 aromatic rings. The zero-order valence-corrected chi connectivity index (χ0v) is 8.58. The molecule has 4 nitrogen and oxygen atoms in total. The molecule has 0 aliphatic carbocycles. The summed E-state index contributed by atoms with van der Waals surface area (Å²) in [4.78, 5) is 7.93. The first-order chi connectivity index (χ1) is 6.77. The minimum Gasteiger partial charge on any atom is -0.494 e. The minimum absolute atomic E-state index is 0.197. The molecule has 0 aromatic carbocycles. The summed E-state index contributed by atoms with van der Waals surface area (Å²) in [6, 6.07) is 0. The summed E-state index contributed by atoms with van der Waals surface area (Å²) in [7, 11) is 0. The first-order valence-corrected chi connectivity index (χ1v) is 5.26. The Labute approximate surface area is 86.5 Å². The average molecular weight is 209 g/mol. The standard InChI is InChI=1S/C9H11N3OS/c1-2-9(12-8(13)6-14-9)7-5-10-3-4-11-7/h3-6,12-13H,2H2,1H3. The van der Waals surface area contributed by atoms with E-state index in [0.29, 0.717) is 0 Å². The van der Waals surface area contributed by atoms with E-state index in [1.165, 1.54) is 11.8 Å². The first-order valence-electron chi connectivity index (χ1n) is 4.38. The lowest BCUT2D eigenvalue weighted by Crippen LogP contribution is -2.35. The molecule has 0 fully saturated rings. The van der Waals surface area contributed by atoms with Crippen LogP contribution in [0.5, 0.6) is 0 Å². The molecule has 0 saturated heterocycles. The van der Waals surface area contributed by atoms with Crippen molar-refractivity contribution in [2.24, 2.45) is 0 Å². The third-order valence-corrected chi connectivity index (χ3v) is 3.52. The first kappa shape index (κ1) is 9.33. The van der Waals surface area contributed by atoms with E-state index in [4.69, 9.17) is 0 Å². The third-order valence-electron chi connectivity index (χ3n) is 2.18. The maximum absolute atomic E-state index is 9.34. The number of hydrogen-bond donors (Lipinski definition) is 2. The maximum Gasteiger partial charge on any atom is 0.192 e. The van der Waals surface area contributed by atoms with Gasteiger partial charge in [0.15, 0.2) is 5.88 Å². The van der Waals surface area contributed by atoms with E-state index in [9.17, 15) is 5.11 Å². The normalized spacial score (nSPS) is 25.6. The Bertz CT molecular complexity index is 354. The van der Waals surface area contributed by atoms with Gasteiger partial charge in [-0.3, -0.25) is 9.97 Å². The second kappa shape index (κ2) is 3.49. The SMILES string of the molecule is CCC1(c2cnccn2)NC(O)=CS1. The molecule has 2 rings (SSSR count). The van der Waals surface area contributed by atoms with Crippen molar-refractivity contribution < 1.29 is 5.11 Å². The summed E-state index contributed by atoms with van der Waals surface area (Å²) < 4.78 is 0. The second-order valence-corrected chi connectivity index (χ2v) is 4.19. The third kappa shape index (κ3) is 1.43. The smallest absolute Gasteiger partial charge is 0.192 e. The summed E-state index contributed by atoms with van der Waals surface area (Å²) in [5, 5.41) is 14.0. The van der Waals surface area contributed by atoms with Crippen LogP contribution in [0.1, 0.15) is 19.0 Å². The molecule has 74 valence electrons. The van der Waals surface area contributed by atoms with Gasteiger partial charge in [-0.25, -0.2) is 0 Å². The van der Waals surface area contributed by atoms with E-state index in [2.05, 4.69) is 15.3 Å².